The summed E-state index contributed by atoms with van der Waals surface area (Å²) in [7, 11) is 0. The van der Waals surface area contributed by atoms with Crippen molar-refractivity contribution in [2.45, 2.75) is 12.6 Å². The summed E-state index contributed by atoms with van der Waals surface area (Å²) < 4.78 is 0. The Morgan fingerprint density at radius 2 is 2.10 bits per heavy atom. The fourth-order valence-electron chi connectivity index (χ4n) is 1.95. The van der Waals surface area contributed by atoms with E-state index in [0.29, 0.717) is 11.2 Å². The van der Waals surface area contributed by atoms with E-state index in [1.165, 1.54) is 0 Å². The Bertz CT molecular complexity index is 654. The number of aliphatic hydroxyl groups excluding tert-OH is 3. The average molecular weight is 298 g/mol. The van der Waals surface area contributed by atoms with Crippen LogP contribution in [0.25, 0.3) is 11.0 Å². The minimum atomic E-state index is -1.00. The fourth-order valence-corrected chi connectivity index (χ4v) is 1.95. The summed E-state index contributed by atoms with van der Waals surface area (Å²) in [6.07, 6.45) is -1.00. The summed E-state index contributed by atoms with van der Waals surface area (Å²) in [4.78, 5) is 18.0. The molecule has 0 fully saturated rings. The number of hydrogen-bond donors (Lipinski definition) is 7. The average Bonchev–Trinajstić information content (AvgIpc) is 2.86. The SMILES string of the molecule is Nc1nc2c(CNC[C@H](CO)[C@@H](O)CO)n[nH]c2c(=O)[nH]1. The van der Waals surface area contributed by atoms with E-state index in [2.05, 4.69) is 25.5 Å². The van der Waals surface area contributed by atoms with Gasteiger partial charge in [-0.05, 0) is 0 Å². The lowest BCUT2D eigenvalue weighted by Crippen LogP contribution is -2.35. The van der Waals surface area contributed by atoms with Crippen LogP contribution in [0.1, 0.15) is 5.69 Å². The van der Waals surface area contributed by atoms with Crippen molar-refractivity contribution < 1.29 is 15.3 Å². The van der Waals surface area contributed by atoms with Gasteiger partial charge in [0, 0.05) is 25.6 Å². The molecule has 0 aliphatic rings. The molecule has 2 aromatic heterocycles. The van der Waals surface area contributed by atoms with Crippen LogP contribution in [0.15, 0.2) is 4.79 Å². The Morgan fingerprint density at radius 3 is 2.76 bits per heavy atom. The second-order valence-corrected chi connectivity index (χ2v) is 4.67. The van der Waals surface area contributed by atoms with Gasteiger partial charge in [-0.2, -0.15) is 5.10 Å². The molecule has 0 aliphatic carbocycles. The molecule has 0 amide bonds. The lowest BCUT2D eigenvalue weighted by molar-refractivity contribution is 0.0228. The third-order valence-electron chi connectivity index (χ3n) is 3.18. The number of anilines is 1. The predicted octanol–water partition coefficient (Wildman–Crippen LogP) is -2.72. The van der Waals surface area contributed by atoms with E-state index in [1.54, 1.807) is 0 Å². The lowest BCUT2D eigenvalue weighted by atomic mass is 10.0. The summed E-state index contributed by atoms with van der Waals surface area (Å²) in [5.74, 6) is -0.499. The zero-order valence-electron chi connectivity index (χ0n) is 11.2. The van der Waals surface area contributed by atoms with Crippen molar-refractivity contribution in [2.75, 3.05) is 25.5 Å². The molecular weight excluding hydrogens is 280 g/mol. The highest BCUT2D eigenvalue weighted by molar-refractivity contribution is 5.76. The van der Waals surface area contributed by atoms with E-state index in [4.69, 9.17) is 15.9 Å². The van der Waals surface area contributed by atoms with Crippen molar-refractivity contribution in [2.24, 2.45) is 5.92 Å². The Hall–Kier alpha value is -2.01. The summed E-state index contributed by atoms with van der Waals surface area (Å²) in [6.45, 7) is -0.150. The van der Waals surface area contributed by atoms with Crippen LogP contribution in [0.4, 0.5) is 5.95 Å². The second kappa shape index (κ2) is 6.63. The number of nitrogens with one attached hydrogen (secondary N) is 3. The number of nitrogens with zero attached hydrogens (tertiary/aromatic N) is 2. The van der Waals surface area contributed by atoms with Crippen molar-refractivity contribution in [1.29, 1.82) is 0 Å². The highest BCUT2D eigenvalue weighted by Crippen LogP contribution is 2.10. The smallest absolute Gasteiger partial charge is 0.278 e. The standard InChI is InChI=1S/C11H18N6O4/c12-11-14-8-6(16-17-9(8)10(21)15-11)2-13-1-5(3-18)7(20)4-19/h5,7,13,18-20H,1-4H2,(H,16,17)(H3,12,14,15,21)/t5-,7+/m1/s1. The van der Waals surface area contributed by atoms with Gasteiger partial charge in [-0.3, -0.25) is 14.9 Å². The highest BCUT2D eigenvalue weighted by Gasteiger charge is 2.18. The summed E-state index contributed by atoms with van der Waals surface area (Å²) in [6, 6.07) is 0. The zero-order valence-corrected chi connectivity index (χ0v) is 11.2. The van der Waals surface area contributed by atoms with Gasteiger partial charge in [0.15, 0.2) is 0 Å². The largest absolute Gasteiger partial charge is 0.396 e. The van der Waals surface area contributed by atoms with Crippen LogP contribution in [0.3, 0.4) is 0 Å². The van der Waals surface area contributed by atoms with Crippen molar-refractivity contribution in [1.82, 2.24) is 25.5 Å². The van der Waals surface area contributed by atoms with Crippen LogP contribution >= 0.6 is 0 Å². The van der Waals surface area contributed by atoms with Crippen molar-refractivity contribution in [3.8, 4) is 0 Å². The van der Waals surface area contributed by atoms with E-state index in [9.17, 15) is 9.90 Å². The molecule has 0 aliphatic heterocycles. The summed E-state index contributed by atoms with van der Waals surface area (Å²) in [5, 5.41) is 37.0. The van der Waals surface area contributed by atoms with Crippen LogP contribution in [0, 0.1) is 5.92 Å². The molecule has 21 heavy (non-hydrogen) atoms. The van der Waals surface area contributed by atoms with E-state index < -0.39 is 24.2 Å². The van der Waals surface area contributed by atoms with E-state index in [-0.39, 0.29) is 31.2 Å². The maximum atomic E-state index is 11.6. The Morgan fingerprint density at radius 1 is 1.33 bits per heavy atom. The predicted molar refractivity (Wildman–Crippen MR) is 74.3 cm³/mol. The van der Waals surface area contributed by atoms with E-state index in [0.717, 1.165) is 0 Å². The maximum absolute atomic E-state index is 11.6. The molecule has 0 bridgehead atoms. The van der Waals surface area contributed by atoms with Crippen molar-refractivity contribution in [3.05, 3.63) is 16.0 Å². The number of rotatable bonds is 7. The Balaban J connectivity index is 2.06. The lowest BCUT2D eigenvalue weighted by Gasteiger charge is -2.19. The third-order valence-corrected chi connectivity index (χ3v) is 3.18. The topological polar surface area (TPSA) is 173 Å². The summed E-state index contributed by atoms with van der Waals surface area (Å²) in [5.41, 5.74) is 6.18. The first kappa shape index (κ1) is 15.4. The van der Waals surface area contributed by atoms with Crippen LogP contribution in [0.5, 0.6) is 0 Å². The number of fused-ring (bicyclic) bond motifs is 1. The van der Waals surface area contributed by atoms with Crippen LogP contribution in [-0.2, 0) is 6.54 Å². The molecule has 2 rings (SSSR count). The van der Waals surface area contributed by atoms with Gasteiger partial charge in [0.05, 0.1) is 12.7 Å². The number of nitrogens with two attached hydrogens (primary N) is 1. The van der Waals surface area contributed by atoms with Crippen LogP contribution in [-0.4, -0.2) is 61.3 Å². The second-order valence-electron chi connectivity index (χ2n) is 4.67. The van der Waals surface area contributed by atoms with Gasteiger partial charge in [-0.25, -0.2) is 4.98 Å². The normalized spacial score (nSPS) is 14.4. The van der Waals surface area contributed by atoms with Crippen molar-refractivity contribution >= 4 is 17.0 Å². The molecule has 0 aromatic carbocycles. The monoisotopic (exact) mass is 298 g/mol. The molecule has 2 atom stereocenters. The molecule has 0 radical (unpaired) electrons. The zero-order chi connectivity index (χ0) is 15.4. The van der Waals surface area contributed by atoms with Gasteiger partial charge in [0.2, 0.25) is 5.95 Å². The molecule has 2 heterocycles. The van der Waals surface area contributed by atoms with E-state index in [1.807, 2.05) is 0 Å². The molecule has 2 aromatic rings. The van der Waals surface area contributed by atoms with Crippen LogP contribution < -0.4 is 16.6 Å². The van der Waals surface area contributed by atoms with Gasteiger partial charge < -0.3 is 26.4 Å². The molecule has 0 unspecified atom stereocenters. The molecule has 116 valence electrons. The maximum Gasteiger partial charge on any atom is 0.278 e. The first-order valence-corrected chi connectivity index (χ1v) is 6.40. The quantitative estimate of drug-likeness (QED) is 0.288. The number of aromatic amines is 2. The molecule has 0 saturated heterocycles. The highest BCUT2D eigenvalue weighted by atomic mass is 16.3. The van der Waals surface area contributed by atoms with E-state index >= 15 is 0 Å². The number of aliphatic hydroxyl groups is 3. The van der Waals surface area contributed by atoms with Crippen molar-refractivity contribution in [3.63, 3.8) is 0 Å². The Labute approximate surface area is 119 Å². The summed E-state index contributed by atoms with van der Waals surface area (Å²) >= 11 is 0. The molecule has 8 N–H and O–H groups in total. The minimum absolute atomic E-state index is 0.000845. The minimum Gasteiger partial charge on any atom is -0.396 e. The molecule has 10 nitrogen and oxygen atoms in total. The van der Waals surface area contributed by atoms with Gasteiger partial charge in [0.25, 0.3) is 5.56 Å². The first-order valence-electron chi connectivity index (χ1n) is 6.40. The first-order chi connectivity index (χ1) is 10.1. The van der Waals surface area contributed by atoms with Gasteiger partial charge in [-0.1, -0.05) is 0 Å². The third kappa shape index (κ3) is 3.36. The molecule has 10 heteroatoms. The number of nitrogen functional groups attached to an aromatic ring is 1. The fraction of sp³-hybridized carbons (Fsp3) is 0.545. The van der Waals surface area contributed by atoms with Gasteiger partial charge >= 0.3 is 0 Å². The molecule has 0 spiro atoms. The number of hydrogen-bond acceptors (Lipinski definition) is 8. The van der Waals surface area contributed by atoms with Gasteiger partial charge in [0.1, 0.15) is 16.7 Å². The number of aromatic nitrogens is 4. The molecular formula is C11H18N6O4. The number of H-pyrrole nitrogens is 2. The van der Waals surface area contributed by atoms with Gasteiger partial charge in [-0.15, -0.1) is 0 Å². The molecule has 0 saturated carbocycles. The van der Waals surface area contributed by atoms with Crippen LogP contribution in [0.2, 0.25) is 0 Å². The Kier molecular flexibility index (Phi) is 4.85.